The molecule has 0 aromatic carbocycles. The zero-order valence-corrected chi connectivity index (χ0v) is 15.2. The highest BCUT2D eigenvalue weighted by molar-refractivity contribution is 7.91. The van der Waals surface area contributed by atoms with Crippen molar-refractivity contribution in [2.45, 2.75) is 45.4 Å². The highest BCUT2D eigenvalue weighted by Crippen LogP contribution is 2.35. The Morgan fingerprint density at radius 1 is 1.14 bits per heavy atom. The van der Waals surface area contributed by atoms with E-state index in [1.54, 1.807) is 0 Å². The van der Waals surface area contributed by atoms with Crippen LogP contribution in [-0.4, -0.2) is 32.1 Å². The molecule has 0 amide bonds. The minimum atomic E-state index is -3.36. The van der Waals surface area contributed by atoms with Crippen LogP contribution in [0.1, 0.15) is 40.5 Å². The lowest BCUT2D eigenvalue weighted by molar-refractivity contribution is 0.535. The molecule has 0 spiro atoms. The third-order valence-electron chi connectivity index (χ3n) is 3.27. The van der Waals surface area contributed by atoms with Crippen LogP contribution in [0, 0.1) is 11.8 Å². The fourth-order valence-corrected chi connectivity index (χ4v) is 4.23. The van der Waals surface area contributed by atoms with E-state index in [9.17, 15) is 8.42 Å². The number of anilines is 2. The first-order chi connectivity index (χ1) is 9.62. The van der Waals surface area contributed by atoms with Gasteiger partial charge in [0.05, 0.1) is 0 Å². The second-order valence-corrected chi connectivity index (χ2v) is 9.03. The first kappa shape index (κ1) is 18.2. The van der Waals surface area contributed by atoms with E-state index in [0.717, 1.165) is 25.9 Å². The number of rotatable bonds is 8. The van der Waals surface area contributed by atoms with Crippen molar-refractivity contribution >= 4 is 32.2 Å². The van der Waals surface area contributed by atoms with Crippen LogP contribution in [-0.2, 0) is 9.84 Å². The van der Waals surface area contributed by atoms with Crippen LogP contribution in [0.25, 0.3) is 0 Å². The summed E-state index contributed by atoms with van der Waals surface area (Å²) >= 11 is 1.19. The fraction of sp³-hybridized carbons (Fsp3) is 0.786. The number of hydrogen-bond donors (Lipinski definition) is 1. The van der Waals surface area contributed by atoms with Crippen LogP contribution >= 0.6 is 11.5 Å². The average Bonchev–Trinajstić information content (AvgIpc) is 2.70. The summed E-state index contributed by atoms with van der Waals surface area (Å²) in [5.74, 6) is 1.26. The molecule has 5 nitrogen and oxygen atoms in total. The van der Waals surface area contributed by atoms with Gasteiger partial charge < -0.3 is 10.6 Å². The van der Waals surface area contributed by atoms with Gasteiger partial charge in [0.2, 0.25) is 0 Å². The van der Waals surface area contributed by atoms with E-state index in [1.165, 1.54) is 17.8 Å². The summed E-state index contributed by atoms with van der Waals surface area (Å²) in [4.78, 5) is 2.32. The Kier molecular flexibility index (Phi) is 6.46. The van der Waals surface area contributed by atoms with Crippen LogP contribution in [0.4, 0.5) is 10.8 Å². The molecule has 0 saturated carbocycles. The normalized spacial score (nSPS) is 12.3. The van der Waals surface area contributed by atoms with E-state index in [2.05, 4.69) is 37.0 Å². The molecule has 1 aromatic rings. The minimum Gasteiger partial charge on any atom is -0.382 e. The number of nitrogens with zero attached hydrogens (tertiary/aromatic N) is 2. The molecule has 0 saturated heterocycles. The summed E-state index contributed by atoms with van der Waals surface area (Å²) in [7, 11) is -3.36. The van der Waals surface area contributed by atoms with Crippen molar-refractivity contribution in [3.63, 3.8) is 0 Å². The highest BCUT2D eigenvalue weighted by Gasteiger charge is 2.25. The van der Waals surface area contributed by atoms with Gasteiger partial charge in [-0.15, -0.1) is 0 Å². The largest absolute Gasteiger partial charge is 0.382 e. The molecule has 0 radical (unpaired) electrons. The highest BCUT2D eigenvalue weighted by atomic mass is 32.2. The van der Waals surface area contributed by atoms with E-state index in [-0.39, 0.29) is 10.7 Å². The van der Waals surface area contributed by atoms with Gasteiger partial charge in [-0.05, 0) is 36.2 Å². The second kappa shape index (κ2) is 7.45. The summed E-state index contributed by atoms with van der Waals surface area (Å²) in [5, 5.41) is 0.691. The smallest absolute Gasteiger partial charge is 0.182 e. The summed E-state index contributed by atoms with van der Waals surface area (Å²) in [6.45, 7) is 10.3. The van der Waals surface area contributed by atoms with Gasteiger partial charge in [-0.1, -0.05) is 27.7 Å². The van der Waals surface area contributed by atoms with Crippen LogP contribution in [0.3, 0.4) is 0 Å². The van der Waals surface area contributed by atoms with Crippen molar-refractivity contribution in [1.29, 1.82) is 0 Å². The molecule has 0 aliphatic rings. The molecule has 0 aliphatic carbocycles. The number of nitrogen functional groups attached to an aromatic ring is 1. The monoisotopic (exact) mass is 333 g/mol. The first-order valence-corrected chi connectivity index (χ1v) is 9.99. The molecule has 7 heteroatoms. The molecule has 0 fully saturated rings. The molecule has 1 rings (SSSR count). The topological polar surface area (TPSA) is 76.3 Å². The predicted octanol–water partition coefficient (Wildman–Crippen LogP) is 3.03. The van der Waals surface area contributed by atoms with Crippen molar-refractivity contribution in [2.75, 3.05) is 30.0 Å². The van der Waals surface area contributed by atoms with Gasteiger partial charge in [-0.3, -0.25) is 0 Å². The molecule has 0 unspecified atom stereocenters. The summed E-state index contributed by atoms with van der Waals surface area (Å²) in [6.07, 6.45) is 3.22. The molecule has 1 heterocycles. The van der Waals surface area contributed by atoms with Gasteiger partial charge in [0, 0.05) is 19.3 Å². The fourth-order valence-electron chi connectivity index (χ4n) is 1.98. The maximum absolute atomic E-state index is 12.0. The Morgan fingerprint density at radius 2 is 1.62 bits per heavy atom. The van der Waals surface area contributed by atoms with Crippen LogP contribution in [0.5, 0.6) is 0 Å². The zero-order valence-electron chi connectivity index (χ0n) is 13.6. The Labute approximate surface area is 132 Å². The van der Waals surface area contributed by atoms with E-state index >= 15 is 0 Å². The number of hydrogen-bond acceptors (Lipinski definition) is 6. The van der Waals surface area contributed by atoms with Gasteiger partial charge in [-0.25, -0.2) is 8.42 Å². The Bertz CT molecular complexity index is 539. The maximum Gasteiger partial charge on any atom is 0.182 e. The van der Waals surface area contributed by atoms with Crippen LogP contribution in [0.2, 0.25) is 0 Å². The average molecular weight is 334 g/mol. The third-order valence-corrected chi connectivity index (χ3v) is 5.46. The second-order valence-electron chi connectivity index (χ2n) is 6.33. The quantitative estimate of drug-likeness (QED) is 0.791. The van der Waals surface area contributed by atoms with Crippen LogP contribution < -0.4 is 10.6 Å². The van der Waals surface area contributed by atoms with Crippen molar-refractivity contribution in [3.8, 4) is 0 Å². The van der Waals surface area contributed by atoms with Gasteiger partial charge in [-0.2, -0.15) is 4.37 Å². The molecule has 1 aromatic heterocycles. The third kappa shape index (κ3) is 5.47. The van der Waals surface area contributed by atoms with E-state index < -0.39 is 9.84 Å². The minimum absolute atomic E-state index is 0.122. The molecule has 0 aliphatic heterocycles. The van der Waals surface area contributed by atoms with Crippen molar-refractivity contribution < 1.29 is 8.42 Å². The maximum atomic E-state index is 12.0. The van der Waals surface area contributed by atoms with Crippen molar-refractivity contribution in [3.05, 3.63) is 0 Å². The van der Waals surface area contributed by atoms with Crippen molar-refractivity contribution in [2.24, 2.45) is 11.8 Å². The molecule has 0 atom stereocenters. The van der Waals surface area contributed by atoms with Gasteiger partial charge in [0.25, 0.3) is 0 Å². The van der Waals surface area contributed by atoms with E-state index in [0.29, 0.717) is 16.8 Å². The Hall–Kier alpha value is -0.820. The van der Waals surface area contributed by atoms with E-state index in [4.69, 9.17) is 5.73 Å². The van der Waals surface area contributed by atoms with Crippen molar-refractivity contribution in [1.82, 2.24) is 4.37 Å². The first-order valence-electron chi connectivity index (χ1n) is 7.33. The molecular weight excluding hydrogens is 306 g/mol. The lowest BCUT2D eigenvalue weighted by Gasteiger charge is -2.25. The van der Waals surface area contributed by atoms with E-state index in [1.807, 2.05) is 0 Å². The SMILES string of the molecule is CC(C)CCN(CCC(C)C)c1snc(N)c1S(C)(=O)=O. The molecule has 0 bridgehead atoms. The lowest BCUT2D eigenvalue weighted by atomic mass is 10.1. The predicted molar refractivity (Wildman–Crippen MR) is 90.8 cm³/mol. The van der Waals surface area contributed by atoms with Gasteiger partial charge in [0.15, 0.2) is 15.7 Å². The number of nitrogens with two attached hydrogens (primary N) is 1. The molecule has 21 heavy (non-hydrogen) atoms. The molecule has 122 valence electrons. The Morgan fingerprint density at radius 3 is 2.00 bits per heavy atom. The standard InChI is InChI=1S/C14H27N3O2S2/c1-10(2)6-8-17(9-7-11(3)4)14-12(21(5,18)19)13(15)16-20-14/h10-11H,6-9H2,1-5H3,(H2,15,16). The zero-order chi connectivity index (χ0) is 16.2. The summed E-state index contributed by atoms with van der Waals surface area (Å²) in [5.41, 5.74) is 5.77. The summed E-state index contributed by atoms with van der Waals surface area (Å²) in [6, 6.07) is 0. The number of aromatic nitrogens is 1. The number of sulfone groups is 1. The Balaban J connectivity index is 3.07. The lowest BCUT2D eigenvalue weighted by Crippen LogP contribution is -2.28. The van der Waals surface area contributed by atoms with Crippen LogP contribution in [0.15, 0.2) is 4.90 Å². The van der Waals surface area contributed by atoms with Gasteiger partial charge in [0.1, 0.15) is 9.90 Å². The van der Waals surface area contributed by atoms with Gasteiger partial charge >= 0.3 is 0 Å². The summed E-state index contributed by atoms with van der Waals surface area (Å²) < 4.78 is 28.0. The molecule has 2 N–H and O–H groups in total. The molecular formula is C14H27N3O2S2.